The Balaban J connectivity index is 1.99. The number of hydrogen-bond donors (Lipinski definition) is 0. The lowest BCUT2D eigenvalue weighted by atomic mass is 9.64. The lowest BCUT2D eigenvalue weighted by Gasteiger charge is -2.39. The van der Waals surface area contributed by atoms with Crippen LogP contribution >= 0.6 is 0 Å². The minimum atomic E-state index is -0.641. The molecular weight excluding hydrogens is 252 g/mol. The second kappa shape index (κ2) is 3.76. The molecule has 0 saturated carbocycles. The van der Waals surface area contributed by atoms with Crippen LogP contribution in [0.2, 0.25) is 0 Å². The molecule has 2 aliphatic heterocycles. The lowest BCUT2D eigenvalue weighted by molar-refractivity contribution is -0.170. The quantitative estimate of drug-likeness (QED) is 0.471. The highest BCUT2D eigenvalue weighted by molar-refractivity contribution is 6.13. The highest BCUT2D eigenvalue weighted by Gasteiger charge is 2.51. The van der Waals surface area contributed by atoms with Crippen molar-refractivity contribution in [3.63, 3.8) is 0 Å². The molecule has 1 fully saturated rings. The van der Waals surface area contributed by atoms with Gasteiger partial charge in [-0.15, -0.1) is 0 Å². The second-order valence-electron chi connectivity index (χ2n) is 5.55. The molecule has 0 aromatic rings. The molecule has 6 heteroatoms. The first-order chi connectivity index (χ1) is 8.90. The third kappa shape index (κ3) is 1.78. The summed E-state index contributed by atoms with van der Waals surface area (Å²) in [7, 11) is 0. The van der Waals surface area contributed by atoms with Crippen molar-refractivity contribution >= 4 is 23.9 Å². The van der Waals surface area contributed by atoms with E-state index in [1.165, 1.54) is 0 Å². The molecule has 0 amide bonds. The summed E-state index contributed by atoms with van der Waals surface area (Å²) in [6.45, 7) is 1.81. The van der Waals surface area contributed by atoms with Gasteiger partial charge in [0.15, 0.2) is 0 Å². The van der Waals surface area contributed by atoms with E-state index in [0.29, 0.717) is 17.6 Å². The summed E-state index contributed by atoms with van der Waals surface area (Å²) in [6.07, 6.45) is 0.940. The fourth-order valence-corrected chi connectivity index (χ4v) is 3.44. The van der Waals surface area contributed by atoms with Crippen LogP contribution < -0.4 is 0 Å². The minimum absolute atomic E-state index is 0.0985. The number of hydrogen-bond acceptors (Lipinski definition) is 6. The van der Waals surface area contributed by atoms with Gasteiger partial charge < -0.3 is 9.47 Å². The minimum Gasteiger partial charge on any atom is -0.393 e. The SMILES string of the molecule is CC1CC2(CC(=O)OC(=O)C2)CC2=C1C(=O)OC2=O. The molecule has 19 heavy (non-hydrogen) atoms. The lowest BCUT2D eigenvalue weighted by Crippen LogP contribution is -2.40. The van der Waals surface area contributed by atoms with E-state index in [-0.39, 0.29) is 25.2 Å². The van der Waals surface area contributed by atoms with Crippen LogP contribution in [0.25, 0.3) is 0 Å². The topological polar surface area (TPSA) is 86.7 Å². The van der Waals surface area contributed by atoms with E-state index in [1.807, 2.05) is 0 Å². The first kappa shape index (κ1) is 12.1. The van der Waals surface area contributed by atoms with Gasteiger partial charge >= 0.3 is 23.9 Å². The summed E-state index contributed by atoms with van der Waals surface area (Å²) >= 11 is 0. The van der Waals surface area contributed by atoms with Crippen molar-refractivity contribution < 1.29 is 28.7 Å². The smallest absolute Gasteiger partial charge is 0.342 e. The molecule has 1 spiro atoms. The van der Waals surface area contributed by atoms with Crippen molar-refractivity contribution in [2.75, 3.05) is 0 Å². The van der Waals surface area contributed by atoms with Crippen LogP contribution in [-0.2, 0) is 28.7 Å². The van der Waals surface area contributed by atoms with Gasteiger partial charge in [-0.3, -0.25) is 9.59 Å². The number of esters is 4. The van der Waals surface area contributed by atoms with Gasteiger partial charge in [-0.2, -0.15) is 0 Å². The highest BCUT2D eigenvalue weighted by Crippen LogP contribution is 2.50. The second-order valence-corrected chi connectivity index (χ2v) is 5.55. The maximum absolute atomic E-state index is 11.7. The molecule has 100 valence electrons. The van der Waals surface area contributed by atoms with Crippen molar-refractivity contribution in [3.05, 3.63) is 11.1 Å². The van der Waals surface area contributed by atoms with Crippen molar-refractivity contribution in [1.82, 2.24) is 0 Å². The van der Waals surface area contributed by atoms with Crippen LogP contribution in [0.3, 0.4) is 0 Å². The van der Waals surface area contributed by atoms with Gasteiger partial charge in [0.05, 0.1) is 18.4 Å². The monoisotopic (exact) mass is 264 g/mol. The standard InChI is InChI=1S/C13H12O6/c1-6-2-13(4-8(14)18-9(15)5-13)3-7-10(6)12(17)19-11(7)16/h6H,2-5H2,1H3. The average molecular weight is 264 g/mol. The summed E-state index contributed by atoms with van der Waals surface area (Å²) in [4.78, 5) is 46.1. The summed E-state index contributed by atoms with van der Waals surface area (Å²) in [5.41, 5.74) is 0.127. The predicted molar refractivity (Wildman–Crippen MR) is 59.3 cm³/mol. The molecular formula is C13H12O6. The Labute approximate surface area is 108 Å². The van der Waals surface area contributed by atoms with E-state index in [4.69, 9.17) is 0 Å². The zero-order valence-corrected chi connectivity index (χ0v) is 10.4. The Hall–Kier alpha value is -1.98. The van der Waals surface area contributed by atoms with Gasteiger partial charge in [0, 0.05) is 5.57 Å². The molecule has 0 bridgehead atoms. The number of rotatable bonds is 0. The van der Waals surface area contributed by atoms with E-state index in [2.05, 4.69) is 9.47 Å². The van der Waals surface area contributed by atoms with E-state index in [9.17, 15) is 19.2 Å². The van der Waals surface area contributed by atoms with Gasteiger partial charge in [0.25, 0.3) is 0 Å². The normalized spacial score (nSPS) is 29.4. The number of carbonyl (C=O) groups is 4. The van der Waals surface area contributed by atoms with Gasteiger partial charge in [-0.25, -0.2) is 9.59 Å². The third-order valence-corrected chi connectivity index (χ3v) is 4.03. The Kier molecular flexibility index (Phi) is 2.39. The molecule has 0 radical (unpaired) electrons. The molecule has 0 N–H and O–H groups in total. The molecule has 0 aromatic carbocycles. The van der Waals surface area contributed by atoms with E-state index < -0.39 is 29.3 Å². The maximum atomic E-state index is 11.7. The van der Waals surface area contributed by atoms with Crippen LogP contribution in [0.15, 0.2) is 11.1 Å². The fourth-order valence-electron chi connectivity index (χ4n) is 3.44. The molecule has 6 nitrogen and oxygen atoms in total. The van der Waals surface area contributed by atoms with Gasteiger partial charge in [-0.05, 0) is 24.2 Å². The van der Waals surface area contributed by atoms with Gasteiger partial charge in [0.1, 0.15) is 0 Å². The summed E-state index contributed by atoms with van der Waals surface area (Å²) in [5, 5.41) is 0. The van der Waals surface area contributed by atoms with Crippen LogP contribution in [-0.4, -0.2) is 23.9 Å². The third-order valence-electron chi connectivity index (χ3n) is 4.03. The molecule has 1 aliphatic carbocycles. The molecule has 2 heterocycles. The Morgan fingerprint density at radius 3 is 2.21 bits per heavy atom. The zero-order chi connectivity index (χ0) is 13.8. The fraction of sp³-hybridized carbons (Fsp3) is 0.538. The molecule has 1 saturated heterocycles. The first-order valence-electron chi connectivity index (χ1n) is 6.13. The molecule has 3 aliphatic rings. The van der Waals surface area contributed by atoms with Gasteiger partial charge in [-0.1, -0.05) is 6.92 Å². The average Bonchev–Trinajstić information content (AvgIpc) is 2.51. The van der Waals surface area contributed by atoms with Crippen molar-refractivity contribution in [2.45, 2.75) is 32.6 Å². The van der Waals surface area contributed by atoms with Crippen LogP contribution in [0, 0.1) is 11.3 Å². The van der Waals surface area contributed by atoms with Crippen molar-refractivity contribution in [1.29, 1.82) is 0 Å². The van der Waals surface area contributed by atoms with Crippen LogP contribution in [0.4, 0.5) is 0 Å². The zero-order valence-electron chi connectivity index (χ0n) is 10.4. The number of carbonyl (C=O) groups excluding carboxylic acids is 4. The van der Waals surface area contributed by atoms with Gasteiger partial charge in [0.2, 0.25) is 0 Å². The van der Waals surface area contributed by atoms with Crippen LogP contribution in [0.5, 0.6) is 0 Å². The van der Waals surface area contributed by atoms with E-state index in [1.54, 1.807) is 6.92 Å². The van der Waals surface area contributed by atoms with E-state index in [0.717, 1.165) is 0 Å². The molecule has 1 atom stereocenters. The Bertz CT molecular complexity index is 539. The highest BCUT2D eigenvalue weighted by atomic mass is 16.6. The molecule has 0 aromatic heterocycles. The molecule has 3 rings (SSSR count). The predicted octanol–water partition coefficient (Wildman–Crippen LogP) is 0.646. The summed E-state index contributed by atoms with van der Waals surface area (Å²) < 4.78 is 9.14. The molecule has 1 unspecified atom stereocenters. The van der Waals surface area contributed by atoms with E-state index >= 15 is 0 Å². The van der Waals surface area contributed by atoms with Crippen LogP contribution in [0.1, 0.15) is 32.6 Å². The van der Waals surface area contributed by atoms with Crippen molar-refractivity contribution in [2.24, 2.45) is 11.3 Å². The first-order valence-corrected chi connectivity index (χ1v) is 6.13. The van der Waals surface area contributed by atoms with Crippen molar-refractivity contribution in [3.8, 4) is 0 Å². The summed E-state index contributed by atoms with van der Waals surface area (Å²) in [5.74, 6) is -2.55. The number of ether oxygens (including phenoxy) is 2. The Morgan fingerprint density at radius 2 is 1.58 bits per heavy atom. The maximum Gasteiger partial charge on any atom is 0.342 e. The number of cyclic esters (lactones) is 4. The summed E-state index contributed by atoms with van der Waals surface area (Å²) in [6, 6.07) is 0. The largest absolute Gasteiger partial charge is 0.393 e. The Morgan fingerprint density at radius 1 is 0.947 bits per heavy atom.